The molecule has 0 amide bonds. The van der Waals surface area contributed by atoms with Gasteiger partial charge < -0.3 is 10.4 Å². The summed E-state index contributed by atoms with van der Waals surface area (Å²) in [6.07, 6.45) is 5.27. The monoisotopic (exact) mass is 209 g/mol. The molecular formula is C10H15N3O2. The van der Waals surface area contributed by atoms with Gasteiger partial charge in [0.1, 0.15) is 0 Å². The molecule has 1 aliphatic heterocycles. The highest BCUT2D eigenvalue weighted by atomic mass is 16.4. The highest BCUT2D eigenvalue weighted by Gasteiger charge is 2.32. The molecule has 82 valence electrons. The van der Waals surface area contributed by atoms with E-state index in [2.05, 4.69) is 10.4 Å². The molecule has 0 spiro atoms. The highest BCUT2D eigenvalue weighted by molar-refractivity contribution is 5.71. The molecule has 2 heterocycles. The molecule has 1 aliphatic rings. The Morgan fingerprint density at radius 3 is 3.13 bits per heavy atom. The van der Waals surface area contributed by atoms with Gasteiger partial charge in [-0.25, -0.2) is 0 Å². The zero-order valence-electron chi connectivity index (χ0n) is 8.68. The van der Waals surface area contributed by atoms with Crippen LogP contribution < -0.4 is 5.32 Å². The number of carboxylic acids is 1. The molecular weight excluding hydrogens is 194 g/mol. The van der Waals surface area contributed by atoms with Crippen molar-refractivity contribution in [3.63, 3.8) is 0 Å². The van der Waals surface area contributed by atoms with E-state index in [4.69, 9.17) is 5.11 Å². The predicted molar refractivity (Wildman–Crippen MR) is 54.3 cm³/mol. The van der Waals surface area contributed by atoms with E-state index in [0.717, 1.165) is 24.9 Å². The number of carboxylic acid groups (broad SMARTS) is 1. The quantitative estimate of drug-likeness (QED) is 0.746. The van der Waals surface area contributed by atoms with Crippen molar-refractivity contribution in [1.82, 2.24) is 15.1 Å². The van der Waals surface area contributed by atoms with Crippen molar-refractivity contribution >= 4 is 5.97 Å². The topological polar surface area (TPSA) is 67.2 Å². The third kappa shape index (κ3) is 2.02. The number of rotatable bonds is 2. The average molecular weight is 209 g/mol. The van der Waals surface area contributed by atoms with E-state index in [-0.39, 0.29) is 12.0 Å². The molecule has 0 bridgehead atoms. The van der Waals surface area contributed by atoms with Gasteiger partial charge >= 0.3 is 5.97 Å². The van der Waals surface area contributed by atoms with E-state index in [1.54, 1.807) is 10.9 Å². The Bertz CT molecular complexity index is 361. The molecule has 1 aromatic rings. The lowest BCUT2D eigenvalue weighted by Crippen LogP contribution is -2.37. The molecule has 2 N–H and O–H groups in total. The van der Waals surface area contributed by atoms with Crippen LogP contribution in [-0.2, 0) is 11.8 Å². The first-order valence-corrected chi connectivity index (χ1v) is 5.13. The fourth-order valence-corrected chi connectivity index (χ4v) is 2.11. The van der Waals surface area contributed by atoms with Crippen molar-refractivity contribution in [2.45, 2.75) is 18.9 Å². The third-order valence-electron chi connectivity index (χ3n) is 2.86. The second-order valence-corrected chi connectivity index (χ2v) is 3.97. The molecule has 1 fully saturated rings. The summed E-state index contributed by atoms with van der Waals surface area (Å²) in [6, 6.07) is -0.0926. The summed E-state index contributed by atoms with van der Waals surface area (Å²) in [4.78, 5) is 11.1. The molecule has 5 heteroatoms. The maximum absolute atomic E-state index is 11.1. The standard InChI is InChI=1S/C10H15N3O2/c1-13-6-7(5-12-13)9-8(10(14)15)3-2-4-11-9/h5-6,8-9,11H,2-4H2,1H3,(H,14,15). The second kappa shape index (κ2) is 4.02. The molecule has 0 aromatic carbocycles. The summed E-state index contributed by atoms with van der Waals surface area (Å²) in [5, 5.41) is 16.4. The molecule has 2 rings (SSSR count). The number of aliphatic carboxylic acids is 1. The summed E-state index contributed by atoms with van der Waals surface area (Å²) < 4.78 is 1.70. The average Bonchev–Trinajstić information content (AvgIpc) is 2.65. The lowest BCUT2D eigenvalue weighted by atomic mass is 9.88. The number of aromatic nitrogens is 2. The molecule has 0 aliphatic carbocycles. The smallest absolute Gasteiger partial charge is 0.308 e. The predicted octanol–water partition coefficient (Wildman–Crippen LogP) is 0.545. The molecule has 15 heavy (non-hydrogen) atoms. The normalized spacial score (nSPS) is 26.5. The molecule has 5 nitrogen and oxygen atoms in total. The number of piperidine rings is 1. The Morgan fingerprint density at radius 2 is 2.53 bits per heavy atom. The number of hydrogen-bond donors (Lipinski definition) is 2. The number of nitrogens with zero attached hydrogens (tertiary/aromatic N) is 2. The van der Waals surface area contributed by atoms with Gasteiger partial charge in [-0.3, -0.25) is 9.48 Å². The third-order valence-corrected chi connectivity index (χ3v) is 2.86. The first-order valence-electron chi connectivity index (χ1n) is 5.13. The molecule has 2 atom stereocenters. The van der Waals surface area contributed by atoms with Gasteiger partial charge in [0.05, 0.1) is 12.1 Å². The van der Waals surface area contributed by atoms with E-state index in [1.807, 2.05) is 13.2 Å². The van der Waals surface area contributed by atoms with E-state index in [1.165, 1.54) is 0 Å². The van der Waals surface area contributed by atoms with Gasteiger partial charge in [-0.2, -0.15) is 5.10 Å². The van der Waals surface area contributed by atoms with Crippen LogP contribution in [0.5, 0.6) is 0 Å². The lowest BCUT2D eigenvalue weighted by Gasteiger charge is -2.28. The number of hydrogen-bond acceptors (Lipinski definition) is 3. The molecule has 0 saturated carbocycles. The van der Waals surface area contributed by atoms with Gasteiger partial charge in [0.15, 0.2) is 0 Å². The fraction of sp³-hybridized carbons (Fsp3) is 0.600. The Balaban J connectivity index is 2.21. The van der Waals surface area contributed by atoms with Crippen LogP contribution in [0.15, 0.2) is 12.4 Å². The molecule has 2 unspecified atom stereocenters. The van der Waals surface area contributed by atoms with Gasteiger partial charge in [0, 0.05) is 24.8 Å². The first-order chi connectivity index (χ1) is 7.18. The summed E-state index contributed by atoms with van der Waals surface area (Å²) in [7, 11) is 1.84. The minimum absolute atomic E-state index is 0.0926. The summed E-state index contributed by atoms with van der Waals surface area (Å²) in [5.74, 6) is -1.06. The zero-order valence-corrected chi connectivity index (χ0v) is 8.68. The van der Waals surface area contributed by atoms with Crippen molar-refractivity contribution in [3.8, 4) is 0 Å². The van der Waals surface area contributed by atoms with Gasteiger partial charge in [0.25, 0.3) is 0 Å². The van der Waals surface area contributed by atoms with E-state index in [9.17, 15) is 4.79 Å². The van der Waals surface area contributed by atoms with E-state index >= 15 is 0 Å². The Labute approximate surface area is 88.1 Å². The Hall–Kier alpha value is -1.36. The van der Waals surface area contributed by atoms with Crippen LogP contribution in [0.1, 0.15) is 24.4 Å². The van der Waals surface area contributed by atoms with Crippen molar-refractivity contribution in [2.75, 3.05) is 6.54 Å². The SMILES string of the molecule is Cn1cc(C2NCCCC2C(=O)O)cn1. The van der Waals surface area contributed by atoms with Crippen LogP contribution in [0.25, 0.3) is 0 Å². The van der Waals surface area contributed by atoms with Gasteiger partial charge in [-0.1, -0.05) is 0 Å². The van der Waals surface area contributed by atoms with Crippen LogP contribution in [-0.4, -0.2) is 27.4 Å². The molecule has 1 aromatic heterocycles. The second-order valence-electron chi connectivity index (χ2n) is 3.97. The number of carbonyl (C=O) groups is 1. The van der Waals surface area contributed by atoms with Crippen molar-refractivity contribution in [1.29, 1.82) is 0 Å². The van der Waals surface area contributed by atoms with Crippen molar-refractivity contribution in [3.05, 3.63) is 18.0 Å². The van der Waals surface area contributed by atoms with Crippen LogP contribution in [0, 0.1) is 5.92 Å². The van der Waals surface area contributed by atoms with Crippen molar-refractivity contribution in [2.24, 2.45) is 13.0 Å². The minimum Gasteiger partial charge on any atom is -0.481 e. The van der Waals surface area contributed by atoms with Gasteiger partial charge in [-0.15, -0.1) is 0 Å². The first kappa shape index (κ1) is 10.2. The Kier molecular flexibility index (Phi) is 2.73. The number of aryl methyl sites for hydroxylation is 1. The fourth-order valence-electron chi connectivity index (χ4n) is 2.11. The van der Waals surface area contributed by atoms with Gasteiger partial charge in [0.2, 0.25) is 0 Å². The summed E-state index contributed by atoms with van der Waals surface area (Å²) >= 11 is 0. The largest absolute Gasteiger partial charge is 0.481 e. The van der Waals surface area contributed by atoms with E-state index in [0.29, 0.717) is 0 Å². The maximum atomic E-state index is 11.1. The van der Waals surface area contributed by atoms with Crippen LogP contribution in [0.4, 0.5) is 0 Å². The van der Waals surface area contributed by atoms with Crippen LogP contribution in [0.2, 0.25) is 0 Å². The van der Waals surface area contributed by atoms with Gasteiger partial charge in [-0.05, 0) is 19.4 Å². The van der Waals surface area contributed by atoms with Crippen molar-refractivity contribution < 1.29 is 9.90 Å². The van der Waals surface area contributed by atoms with Crippen LogP contribution >= 0.6 is 0 Å². The van der Waals surface area contributed by atoms with Crippen LogP contribution in [0.3, 0.4) is 0 Å². The highest BCUT2D eigenvalue weighted by Crippen LogP contribution is 2.28. The lowest BCUT2D eigenvalue weighted by molar-refractivity contribution is -0.143. The molecule has 1 saturated heterocycles. The van der Waals surface area contributed by atoms with E-state index < -0.39 is 5.97 Å². The summed E-state index contributed by atoms with van der Waals surface area (Å²) in [6.45, 7) is 0.878. The Morgan fingerprint density at radius 1 is 1.73 bits per heavy atom. The maximum Gasteiger partial charge on any atom is 0.308 e. The number of nitrogens with one attached hydrogen (secondary N) is 1. The molecule has 0 radical (unpaired) electrons. The summed E-state index contributed by atoms with van der Waals surface area (Å²) in [5.41, 5.74) is 0.963. The zero-order chi connectivity index (χ0) is 10.8. The minimum atomic E-state index is -0.726.